The molecular weight excluding hydrogens is 288 g/mol. The number of rotatable bonds is 0. The third-order valence-electron chi connectivity index (χ3n) is 6.04. The summed E-state index contributed by atoms with van der Waals surface area (Å²) < 4.78 is 0. The van der Waals surface area contributed by atoms with E-state index >= 15 is 0 Å². The first-order valence-corrected chi connectivity index (χ1v) is 10.8. The molecule has 0 heteroatoms. The molecule has 0 fully saturated rings. The van der Waals surface area contributed by atoms with Gasteiger partial charge in [0.25, 0.3) is 0 Å². The molecule has 0 saturated carbocycles. The normalized spacial score (nSPS) is 21.0. The maximum absolute atomic E-state index is 2.45. The third-order valence-corrected chi connectivity index (χ3v) is 6.04. The van der Waals surface area contributed by atoms with E-state index in [1.54, 1.807) is 22.3 Å². The molecule has 1 aromatic carbocycles. The Bertz CT molecular complexity index is 523. The maximum Gasteiger partial charge on any atom is -0.00881 e. The van der Waals surface area contributed by atoms with Gasteiger partial charge < -0.3 is 0 Å². The summed E-state index contributed by atoms with van der Waals surface area (Å²) in [5.74, 6) is 0. The number of hydrogen-bond acceptors (Lipinski definition) is 0. The molecule has 0 nitrogen and oxygen atoms in total. The molecule has 0 bridgehead atoms. The van der Waals surface area contributed by atoms with Crippen molar-refractivity contribution in [3.05, 3.63) is 40.5 Å². The molecule has 2 aliphatic carbocycles. The Kier molecular flexibility index (Phi) is 7.45. The molecule has 24 heavy (non-hydrogen) atoms. The Morgan fingerprint density at radius 3 is 1.62 bits per heavy atom. The highest BCUT2D eigenvalue weighted by atomic mass is 14.2. The molecule has 0 amide bonds. The summed E-state index contributed by atoms with van der Waals surface area (Å²) in [5, 5.41) is 0. The zero-order chi connectivity index (χ0) is 16.5. The summed E-state index contributed by atoms with van der Waals surface area (Å²) in [6.07, 6.45) is 27.3. The van der Waals surface area contributed by atoms with Gasteiger partial charge in [0.1, 0.15) is 0 Å². The number of benzene rings is 1. The van der Waals surface area contributed by atoms with Gasteiger partial charge in [0.15, 0.2) is 0 Å². The molecule has 0 atom stereocenters. The van der Waals surface area contributed by atoms with Gasteiger partial charge >= 0.3 is 0 Å². The SMILES string of the molecule is C1=Cc2c(ccc3c2CCCCCCCCCCCCCCC3)C1. The second kappa shape index (κ2) is 10.1. The van der Waals surface area contributed by atoms with Crippen molar-refractivity contribution in [1.29, 1.82) is 0 Å². The van der Waals surface area contributed by atoms with Gasteiger partial charge in [0, 0.05) is 0 Å². The Balaban J connectivity index is 1.63. The summed E-state index contributed by atoms with van der Waals surface area (Å²) in [4.78, 5) is 0. The first-order chi connectivity index (χ1) is 11.9. The predicted molar refractivity (Wildman–Crippen MR) is 107 cm³/mol. The van der Waals surface area contributed by atoms with Gasteiger partial charge in [0.2, 0.25) is 0 Å². The summed E-state index contributed by atoms with van der Waals surface area (Å²) in [6.45, 7) is 0. The predicted octanol–water partition coefficient (Wildman–Crippen LogP) is 7.43. The van der Waals surface area contributed by atoms with E-state index in [4.69, 9.17) is 0 Å². The summed E-state index contributed by atoms with van der Waals surface area (Å²) in [6, 6.07) is 4.85. The van der Waals surface area contributed by atoms with Crippen LogP contribution in [-0.4, -0.2) is 0 Å². The molecule has 0 aliphatic heterocycles. The molecule has 0 radical (unpaired) electrons. The van der Waals surface area contributed by atoms with E-state index in [0.717, 1.165) is 6.42 Å². The second-order valence-corrected chi connectivity index (χ2v) is 7.98. The Morgan fingerprint density at radius 2 is 1.00 bits per heavy atom. The van der Waals surface area contributed by atoms with Gasteiger partial charge in [-0.3, -0.25) is 0 Å². The van der Waals surface area contributed by atoms with Crippen molar-refractivity contribution in [2.75, 3.05) is 0 Å². The topological polar surface area (TPSA) is 0 Å². The monoisotopic (exact) mass is 324 g/mol. The standard InChI is InChI=1S/C24H36/c1-2-4-6-8-10-12-15-21-19-20-22-16-14-18-24(22)23(21)17-13-11-9-7-5-3-1/h14,18-20H,1-13,15-17H2. The van der Waals surface area contributed by atoms with Gasteiger partial charge in [-0.2, -0.15) is 0 Å². The van der Waals surface area contributed by atoms with Gasteiger partial charge in [-0.05, 0) is 54.4 Å². The van der Waals surface area contributed by atoms with Crippen LogP contribution >= 0.6 is 0 Å². The number of fused-ring (bicyclic) bond motifs is 3. The molecule has 2 aliphatic rings. The fraction of sp³-hybridized carbons (Fsp3) is 0.667. The highest BCUT2D eigenvalue weighted by molar-refractivity contribution is 5.65. The molecule has 1 aromatic rings. The van der Waals surface area contributed by atoms with Crippen molar-refractivity contribution in [3.63, 3.8) is 0 Å². The minimum atomic E-state index is 1.16. The molecule has 0 N–H and O–H groups in total. The van der Waals surface area contributed by atoms with Crippen LogP contribution in [0.2, 0.25) is 0 Å². The fourth-order valence-corrected chi connectivity index (χ4v) is 4.54. The van der Waals surface area contributed by atoms with Gasteiger partial charge in [-0.15, -0.1) is 0 Å². The van der Waals surface area contributed by atoms with E-state index in [2.05, 4.69) is 24.3 Å². The van der Waals surface area contributed by atoms with E-state index in [0.29, 0.717) is 0 Å². The average molecular weight is 325 g/mol. The number of hydrogen-bond donors (Lipinski definition) is 0. The third kappa shape index (κ3) is 5.23. The lowest BCUT2D eigenvalue weighted by molar-refractivity contribution is 0.539. The van der Waals surface area contributed by atoms with Crippen LogP contribution in [0.15, 0.2) is 18.2 Å². The molecular formula is C24H36. The second-order valence-electron chi connectivity index (χ2n) is 7.98. The lowest BCUT2D eigenvalue weighted by Gasteiger charge is -2.15. The van der Waals surface area contributed by atoms with Crippen LogP contribution in [0.25, 0.3) is 6.08 Å². The zero-order valence-electron chi connectivity index (χ0n) is 15.6. The summed E-state index contributed by atoms with van der Waals surface area (Å²) >= 11 is 0. The van der Waals surface area contributed by atoms with Crippen LogP contribution in [0.3, 0.4) is 0 Å². The first kappa shape index (κ1) is 17.8. The van der Waals surface area contributed by atoms with E-state index < -0.39 is 0 Å². The van der Waals surface area contributed by atoms with E-state index in [-0.39, 0.29) is 0 Å². The van der Waals surface area contributed by atoms with Crippen molar-refractivity contribution in [1.82, 2.24) is 0 Å². The Labute approximate surface area is 149 Å². The van der Waals surface area contributed by atoms with Crippen LogP contribution in [0.5, 0.6) is 0 Å². The van der Waals surface area contributed by atoms with Crippen LogP contribution in [-0.2, 0) is 19.3 Å². The van der Waals surface area contributed by atoms with Crippen LogP contribution < -0.4 is 0 Å². The smallest absolute Gasteiger partial charge is 0.00881 e. The average Bonchev–Trinajstić information content (AvgIpc) is 3.07. The Hall–Kier alpha value is -1.04. The van der Waals surface area contributed by atoms with Crippen molar-refractivity contribution in [3.8, 4) is 0 Å². The van der Waals surface area contributed by atoms with Crippen molar-refractivity contribution in [2.24, 2.45) is 0 Å². The number of aryl methyl sites for hydroxylation is 1. The van der Waals surface area contributed by atoms with Gasteiger partial charge in [-0.25, -0.2) is 0 Å². The molecule has 0 aromatic heterocycles. The van der Waals surface area contributed by atoms with Crippen molar-refractivity contribution < 1.29 is 0 Å². The molecule has 0 saturated heterocycles. The van der Waals surface area contributed by atoms with Crippen LogP contribution in [0, 0.1) is 0 Å². The lowest BCUT2D eigenvalue weighted by atomic mass is 9.90. The highest BCUT2D eigenvalue weighted by Gasteiger charge is 2.13. The van der Waals surface area contributed by atoms with Crippen molar-refractivity contribution >= 4 is 6.08 Å². The minimum Gasteiger partial charge on any atom is -0.0795 e. The van der Waals surface area contributed by atoms with Crippen LogP contribution in [0.1, 0.15) is 106 Å². The van der Waals surface area contributed by atoms with E-state index in [1.807, 2.05) is 0 Å². The molecule has 132 valence electrons. The molecule has 0 unspecified atom stereocenters. The molecule has 0 heterocycles. The zero-order valence-corrected chi connectivity index (χ0v) is 15.6. The minimum absolute atomic E-state index is 1.16. The fourth-order valence-electron chi connectivity index (χ4n) is 4.54. The Morgan fingerprint density at radius 1 is 0.500 bits per heavy atom. The quantitative estimate of drug-likeness (QED) is 0.465. The summed E-state index contributed by atoms with van der Waals surface area (Å²) in [5.41, 5.74) is 6.51. The lowest BCUT2D eigenvalue weighted by Crippen LogP contribution is -2.00. The van der Waals surface area contributed by atoms with Crippen molar-refractivity contribution in [2.45, 2.75) is 103 Å². The first-order valence-electron chi connectivity index (χ1n) is 10.8. The number of allylic oxidation sites excluding steroid dienone is 1. The van der Waals surface area contributed by atoms with Gasteiger partial charge in [-0.1, -0.05) is 94.9 Å². The maximum atomic E-state index is 2.45. The van der Waals surface area contributed by atoms with E-state index in [9.17, 15) is 0 Å². The molecule has 0 spiro atoms. The van der Waals surface area contributed by atoms with Crippen LogP contribution in [0.4, 0.5) is 0 Å². The largest absolute Gasteiger partial charge is 0.0795 e. The van der Waals surface area contributed by atoms with Gasteiger partial charge in [0.05, 0.1) is 0 Å². The van der Waals surface area contributed by atoms with E-state index in [1.165, 1.54) is 96.3 Å². The highest BCUT2D eigenvalue weighted by Crippen LogP contribution is 2.29. The summed E-state index contributed by atoms with van der Waals surface area (Å²) in [7, 11) is 0. The molecule has 3 rings (SSSR count).